The molecule has 16 heavy (non-hydrogen) atoms. The number of carbonyl (C=O) groups is 2. The van der Waals surface area contributed by atoms with E-state index in [4.69, 9.17) is 9.47 Å². The Morgan fingerprint density at radius 1 is 0.812 bits per heavy atom. The largest absolute Gasteiger partial charge is 0.389 e. The molecule has 0 amide bonds. The molecule has 0 heterocycles. The van der Waals surface area contributed by atoms with E-state index in [1.165, 1.54) is 13.8 Å². The highest BCUT2D eigenvalue weighted by molar-refractivity contribution is 5.89. The van der Waals surface area contributed by atoms with Gasteiger partial charge in [0, 0.05) is 16.7 Å². The van der Waals surface area contributed by atoms with Crippen molar-refractivity contribution in [3.63, 3.8) is 0 Å². The Balaban J connectivity index is 4.75. The van der Waals surface area contributed by atoms with Crippen molar-refractivity contribution in [2.75, 3.05) is 0 Å². The van der Waals surface area contributed by atoms with Gasteiger partial charge in [0.15, 0.2) is 0 Å². The maximum atomic E-state index is 11.2. The summed E-state index contributed by atoms with van der Waals surface area (Å²) in [5.74, 6) is -1.39. The quantitative estimate of drug-likeness (QED) is 0.418. The third kappa shape index (κ3) is 4.59. The Bertz CT molecular complexity index is 340. The molecule has 0 fully saturated rings. The van der Waals surface area contributed by atoms with Crippen molar-refractivity contribution in [1.29, 1.82) is 0 Å². The van der Waals surface area contributed by atoms with E-state index in [1.54, 1.807) is 13.8 Å². The van der Waals surface area contributed by atoms with Gasteiger partial charge in [0.2, 0.25) is 0 Å². The third-order valence-corrected chi connectivity index (χ3v) is 1.48. The maximum Gasteiger partial charge on any atom is 0.340 e. The lowest BCUT2D eigenvalue weighted by Gasteiger charge is -2.10. The zero-order valence-corrected chi connectivity index (χ0v) is 10.0. The molecule has 0 aliphatic rings. The molecule has 0 aromatic carbocycles. The van der Waals surface area contributed by atoms with E-state index in [0.29, 0.717) is 5.57 Å². The first-order valence-electron chi connectivity index (χ1n) is 4.68. The topological polar surface area (TPSA) is 52.6 Å². The molecule has 0 spiro atoms. The van der Waals surface area contributed by atoms with Gasteiger partial charge in [-0.25, -0.2) is 9.59 Å². The van der Waals surface area contributed by atoms with E-state index in [-0.39, 0.29) is 17.1 Å². The molecular formula is C12H16O4. The average Bonchev–Trinajstić information content (AvgIpc) is 2.15. The minimum Gasteiger partial charge on any atom is -0.389 e. The van der Waals surface area contributed by atoms with Crippen LogP contribution in [0.15, 0.2) is 35.8 Å². The van der Waals surface area contributed by atoms with E-state index < -0.39 is 11.9 Å². The third-order valence-electron chi connectivity index (χ3n) is 1.48. The predicted molar refractivity (Wildman–Crippen MR) is 60.2 cm³/mol. The Morgan fingerprint density at radius 3 is 1.31 bits per heavy atom. The van der Waals surface area contributed by atoms with Crippen LogP contribution in [-0.4, -0.2) is 11.9 Å². The summed E-state index contributed by atoms with van der Waals surface area (Å²) in [4.78, 5) is 22.5. The average molecular weight is 224 g/mol. The standard InChI is InChI=1S/C12H16O4/c1-7(2)10(13)15-12(9(5)6)16-11(14)8(3)4/h1,3H2,2,4-6H3. The minimum atomic E-state index is -0.634. The van der Waals surface area contributed by atoms with Crippen LogP contribution >= 0.6 is 0 Å². The van der Waals surface area contributed by atoms with E-state index in [0.717, 1.165) is 0 Å². The van der Waals surface area contributed by atoms with Crippen molar-refractivity contribution in [2.24, 2.45) is 0 Å². The van der Waals surface area contributed by atoms with E-state index >= 15 is 0 Å². The van der Waals surface area contributed by atoms with Gasteiger partial charge in [-0.1, -0.05) is 13.2 Å². The Kier molecular flexibility index (Phi) is 5.22. The van der Waals surface area contributed by atoms with Crippen molar-refractivity contribution in [3.05, 3.63) is 35.8 Å². The second-order valence-corrected chi connectivity index (χ2v) is 3.63. The van der Waals surface area contributed by atoms with Crippen molar-refractivity contribution >= 4 is 11.9 Å². The fourth-order valence-corrected chi connectivity index (χ4v) is 0.568. The summed E-state index contributed by atoms with van der Waals surface area (Å²) >= 11 is 0. The number of ether oxygens (including phenoxy) is 2. The molecule has 0 aromatic heterocycles. The number of hydrogen-bond donors (Lipinski definition) is 0. The van der Waals surface area contributed by atoms with Gasteiger partial charge >= 0.3 is 11.9 Å². The van der Waals surface area contributed by atoms with Gasteiger partial charge in [-0.05, 0) is 27.7 Å². The second kappa shape index (κ2) is 5.90. The molecule has 0 bridgehead atoms. The van der Waals surface area contributed by atoms with Crippen LogP contribution < -0.4 is 0 Å². The second-order valence-electron chi connectivity index (χ2n) is 3.63. The molecule has 0 rings (SSSR count). The van der Waals surface area contributed by atoms with Crippen LogP contribution in [0.4, 0.5) is 0 Å². The molecule has 4 nitrogen and oxygen atoms in total. The van der Waals surface area contributed by atoms with Crippen molar-refractivity contribution in [3.8, 4) is 0 Å². The van der Waals surface area contributed by atoms with Crippen LogP contribution in [0.3, 0.4) is 0 Å². The fourth-order valence-electron chi connectivity index (χ4n) is 0.568. The van der Waals surface area contributed by atoms with Crippen LogP contribution in [0.25, 0.3) is 0 Å². The predicted octanol–water partition coefficient (Wildman–Crippen LogP) is 2.48. The molecule has 88 valence electrons. The molecule has 0 saturated carbocycles. The number of esters is 2. The lowest BCUT2D eigenvalue weighted by Crippen LogP contribution is -2.13. The molecule has 0 unspecified atom stereocenters. The lowest BCUT2D eigenvalue weighted by molar-refractivity contribution is -0.149. The van der Waals surface area contributed by atoms with Crippen molar-refractivity contribution in [1.82, 2.24) is 0 Å². The molecule has 0 aliphatic carbocycles. The van der Waals surface area contributed by atoms with Crippen LogP contribution in [0, 0.1) is 0 Å². The Hall–Kier alpha value is -1.84. The number of carbonyl (C=O) groups excluding carboxylic acids is 2. The van der Waals surface area contributed by atoms with Crippen LogP contribution in [-0.2, 0) is 19.1 Å². The minimum absolute atomic E-state index is 0.124. The fraction of sp³-hybridized carbons (Fsp3) is 0.333. The number of hydrogen-bond acceptors (Lipinski definition) is 4. The molecule has 0 radical (unpaired) electrons. The van der Waals surface area contributed by atoms with Crippen molar-refractivity contribution in [2.45, 2.75) is 27.7 Å². The highest BCUT2D eigenvalue weighted by atomic mass is 16.7. The smallest absolute Gasteiger partial charge is 0.340 e. The molecular weight excluding hydrogens is 208 g/mol. The maximum absolute atomic E-state index is 11.2. The summed E-state index contributed by atoms with van der Waals surface area (Å²) in [7, 11) is 0. The van der Waals surface area contributed by atoms with E-state index in [1.807, 2.05) is 0 Å². The monoisotopic (exact) mass is 224 g/mol. The highest BCUT2D eigenvalue weighted by Crippen LogP contribution is 2.11. The van der Waals surface area contributed by atoms with Crippen LogP contribution in [0.2, 0.25) is 0 Å². The number of allylic oxidation sites excluding steroid dienone is 1. The van der Waals surface area contributed by atoms with Gasteiger partial charge in [-0.15, -0.1) is 0 Å². The first-order valence-corrected chi connectivity index (χ1v) is 4.68. The molecule has 0 aliphatic heterocycles. The summed E-state index contributed by atoms with van der Waals surface area (Å²) in [6.45, 7) is 13.2. The number of rotatable bonds is 4. The first-order chi connectivity index (χ1) is 7.25. The summed E-state index contributed by atoms with van der Waals surface area (Å²) in [5, 5.41) is 0. The van der Waals surface area contributed by atoms with Crippen LogP contribution in [0.5, 0.6) is 0 Å². The summed E-state index contributed by atoms with van der Waals surface area (Å²) in [5.41, 5.74) is 1.03. The first kappa shape index (κ1) is 14.2. The van der Waals surface area contributed by atoms with Gasteiger partial charge in [-0.3, -0.25) is 0 Å². The van der Waals surface area contributed by atoms with Crippen molar-refractivity contribution < 1.29 is 19.1 Å². The lowest BCUT2D eigenvalue weighted by atomic mass is 10.3. The molecule has 0 N–H and O–H groups in total. The molecule has 0 atom stereocenters. The SMILES string of the molecule is C=C(C)C(=O)OC(OC(=O)C(=C)C)=C(C)C. The molecule has 0 aromatic rings. The van der Waals surface area contributed by atoms with Gasteiger partial charge in [0.05, 0.1) is 0 Å². The zero-order valence-electron chi connectivity index (χ0n) is 10.0. The van der Waals surface area contributed by atoms with Crippen LogP contribution in [0.1, 0.15) is 27.7 Å². The van der Waals surface area contributed by atoms with Gasteiger partial charge in [0.25, 0.3) is 5.95 Å². The van der Waals surface area contributed by atoms with Gasteiger partial charge in [-0.2, -0.15) is 0 Å². The summed E-state index contributed by atoms with van der Waals surface area (Å²) in [6.07, 6.45) is 0. The van der Waals surface area contributed by atoms with E-state index in [9.17, 15) is 9.59 Å². The van der Waals surface area contributed by atoms with E-state index in [2.05, 4.69) is 13.2 Å². The van der Waals surface area contributed by atoms with Gasteiger partial charge in [0.1, 0.15) is 0 Å². The Labute approximate surface area is 95.2 Å². The summed E-state index contributed by atoms with van der Waals surface area (Å²) < 4.78 is 9.70. The summed E-state index contributed by atoms with van der Waals surface area (Å²) in [6, 6.07) is 0. The normalized spacial score (nSPS) is 9.00. The zero-order chi connectivity index (χ0) is 12.9. The van der Waals surface area contributed by atoms with Gasteiger partial charge < -0.3 is 9.47 Å². The molecule has 0 saturated heterocycles. The Morgan fingerprint density at radius 2 is 1.12 bits per heavy atom. The molecule has 4 heteroatoms. The highest BCUT2D eigenvalue weighted by Gasteiger charge is 2.15.